The van der Waals surface area contributed by atoms with Crippen LogP contribution in [0.3, 0.4) is 0 Å². The third kappa shape index (κ3) is 2.91. The Morgan fingerprint density at radius 2 is 2.00 bits per heavy atom. The van der Waals surface area contributed by atoms with E-state index in [0.29, 0.717) is 5.69 Å². The summed E-state index contributed by atoms with van der Waals surface area (Å²) >= 11 is 0. The molecule has 0 aliphatic carbocycles. The van der Waals surface area contributed by atoms with E-state index in [1.807, 2.05) is 0 Å². The molecule has 1 rings (SSSR count). The largest absolute Gasteiger partial charge is 0.510 e. The molecule has 5 heteroatoms. The van der Waals surface area contributed by atoms with Gasteiger partial charge in [-0.05, 0) is 17.3 Å². The molecule has 0 heterocycles. The number of nitrogens with one attached hydrogen (secondary N) is 1. The number of aliphatic hydroxyl groups excluding tert-OH is 1. The van der Waals surface area contributed by atoms with Gasteiger partial charge in [0.05, 0.1) is 0 Å². The number of carbonyl (C=O) groups excluding carboxylic acids is 1. The number of hydrogen-bond donors (Lipinski definition) is 2. The van der Waals surface area contributed by atoms with Crippen molar-refractivity contribution in [3.63, 3.8) is 0 Å². The molecule has 84 valence electrons. The Labute approximate surface area is 92.8 Å². The van der Waals surface area contributed by atoms with Crippen LogP contribution in [0, 0.1) is 4.91 Å². The molecule has 0 unspecified atom stereocenters. The quantitative estimate of drug-likeness (QED) is 0.465. The molecule has 0 atom stereocenters. The molecule has 1 aromatic rings. The zero-order valence-electron chi connectivity index (χ0n) is 8.80. The van der Waals surface area contributed by atoms with Crippen LogP contribution >= 0.6 is 0 Å². The number of anilines is 1. The zero-order valence-corrected chi connectivity index (χ0v) is 8.80. The molecule has 0 aliphatic heterocycles. The topological polar surface area (TPSA) is 78.8 Å². The lowest BCUT2D eigenvalue weighted by atomic mass is 10.2. The van der Waals surface area contributed by atoms with Crippen LogP contribution in [-0.4, -0.2) is 11.0 Å². The first kappa shape index (κ1) is 11.9. The Balaban J connectivity index is 2.83. The Morgan fingerprint density at radius 3 is 2.50 bits per heavy atom. The standard InChI is InChI=1S/C11H12N2O3/c1-2-9(14)10(13-16)11(15)12-8-6-4-3-5-7-8/h3-7,14H,2H2,1H3,(H,12,15). The number of hydrogen-bond acceptors (Lipinski definition) is 4. The molecule has 1 aromatic carbocycles. The molecule has 0 fully saturated rings. The average Bonchev–Trinajstić information content (AvgIpc) is 2.31. The number of carbonyl (C=O) groups is 1. The third-order valence-electron chi connectivity index (χ3n) is 1.95. The van der Waals surface area contributed by atoms with Crippen molar-refractivity contribution in [2.24, 2.45) is 5.18 Å². The predicted molar refractivity (Wildman–Crippen MR) is 60.8 cm³/mol. The maximum atomic E-state index is 11.5. The highest BCUT2D eigenvalue weighted by atomic mass is 16.3. The number of para-hydroxylation sites is 1. The number of benzene rings is 1. The summed E-state index contributed by atoms with van der Waals surface area (Å²) in [5, 5.41) is 14.3. The molecule has 0 saturated heterocycles. The van der Waals surface area contributed by atoms with E-state index in [-0.39, 0.29) is 12.2 Å². The van der Waals surface area contributed by atoms with Gasteiger partial charge in [-0.25, -0.2) is 0 Å². The van der Waals surface area contributed by atoms with Gasteiger partial charge in [0.2, 0.25) is 5.70 Å². The summed E-state index contributed by atoms with van der Waals surface area (Å²) in [6.45, 7) is 1.62. The fraction of sp³-hybridized carbons (Fsp3) is 0.182. The van der Waals surface area contributed by atoms with Gasteiger partial charge in [0.25, 0.3) is 5.91 Å². The lowest BCUT2D eigenvalue weighted by molar-refractivity contribution is -0.113. The van der Waals surface area contributed by atoms with Crippen molar-refractivity contribution in [3.05, 3.63) is 46.7 Å². The first-order valence-electron chi connectivity index (χ1n) is 4.81. The maximum absolute atomic E-state index is 11.5. The van der Waals surface area contributed by atoms with Crippen molar-refractivity contribution in [2.75, 3.05) is 5.32 Å². The Bertz CT molecular complexity index is 412. The van der Waals surface area contributed by atoms with Crippen LogP contribution < -0.4 is 5.32 Å². The fourth-order valence-corrected chi connectivity index (χ4v) is 1.10. The van der Waals surface area contributed by atoms with E-state index in [2.05, 4.69) is 10.5 Å². The van der Waals surface area contributed by atoms with Gasteiger partial charge >= 0.3 is 0 Å². The summed E-state index contributed by atoms with van der Waals surface area (Å²) in [4.78, 5) is 21.9. The van der Waals surface area contributed by atoms with E-state index >= 15 is 0 Å². The predicted octanol–water partition coefficient (Wildman–Crippen LogP) is 2.57. The minimum absolute atomic E-state index is 0.184. The van der Waals surface area contributed by atoms with Gasteiger partial charge in [-0.15, -0.1) is 4.91 Å². The maximum Gasteiger partial charge on any atom is 0.281 e. The van der Waals surface area contributed by atoms with Crippen molar-refractivity contribution >= 4 is 11.6 Å². The minimum Gasteiger partial charge on any atom is -0.510 e. The number of amides is 1. The molecule has 0 radical (unpaired) electrons. The molecule has 5 nitrogen and oxygen atoms in total. The number of nitroso groups, excluding NO2 is 1. The van der Waals surface area contributed by atoms with Gasteiger partial charge in [-0.1, -0.05) is 25.1 Å². The van der Waals surface area contributed by atoms with Gasteiger partial charge in [0, 0.05) is 12.1 Å². The molecule has 0 aromatic heterocycles. The summed E-state index contributed by atoms with van der Waals surface area (Å²) in [7, 11) is 0. The number of aliphatic hydroxyl groups is 1. The van der Waals surface area contributed by atoms with Crippen molar-refractivity contribution in [3.8, 4) is 0 Å². The van der Waals surface area contributed by atoms with Crippen LogP contribution in [0.15, 0.2) is 47.0 Å². The van der Waals surface area contributed by atoms with Crippen molar-refractivity contribution < 1.29 is 9.90 Å². The molecule has 0 aliphatic rings. The summed E-state index contributed by atoms with van der Waals surface area (Å²) < 4.78 is 0. The van der Waals surface area contributed by atoms with Crippen molar-refractivity contribution in [2.45, 2.75) is 13.3 Å². The number of allylic oxidation sites excluding steroid dienone is 1. The molecule has 0 bridgehead atoms. The van der Waals surface area contributed by atoms with E-state index < -0.39 is 11.6 Å². The second-order valence-electron chi connectivity index (χ2n) is 3.06. The molecule has 0 saturated carbocycles. The number of rotatable bonds is 4. The lowest BCUT2D eigenvalue weighted by Crippen LogP contribution is -2.14. The minimum atomic E-state index is -0.708. The first-order chi connectivity index (χ1) is 7.69. The fourth-order valence-electron chi connectivity index (χ4n) is 1.10. The summed E-state index contributed by atoms with van der Waals surface area (Å²) in [6.07, 6.45) is 0.184. The van der Waals surface area contributed by atoms with Gasteiger partial charge in [0.15, 0.2) is 0 Å². The van der Waals surface area contributed by atoms with E-state index in [0.717, 1.165) is 0 Å². The highest BCUT2D eigenvalue weighted by Gasteiger charge is 2.15. The van der Waals surface area contributed by atoms with E-state index in [9.17, 15) is 14.8 Å². The van der Waals surface area contributed by atoms with Crippen LogP contribution in [-0.2, 0) is 4.79 Å². The summed E-state index contributed by atoms with van der Waals surface area (Å²) in [5.41, 5.74) is 0.0592. The Hall–Kier alpha value is -2.17. The molecular formula is C11H12N2O3. The van der Waals surface area contributed by atoms with E-state index in [4.69, 9.17) is 0 Å². The van der Waals surface area contributed by atoms with Crippen molar-refractivity contribution in [1.82, 2.24) is 0 Å². The third-order valence-corrected chi connectivity index (χ3v) is 1.95. The molecule has 2 N–H and O–H groups in total. The Kier molecular flexibility index (Phi) is 4.20. The van der Waals surface area contributed by atoms with Gasteiger partial charge in [0.1, 0.15) is 5.76 Å². The summed E-state index contributed by atoms with van der Waals surface area (Å²) in [6, 6.07) is 8.63. The van der Waals surface area contributed by atoms with Crippen LogP contribution in [0.1, 0.15) is 13.3 Å². The van der Waals surface area contributed by atoms with Crippen LogP contribution in [0.2, 0.25) is 0 Å². The first-order valence-corrected chi connectivity index (χ1v) is 4.81. The smallest absolute Gasteiger partial charge is 0.281 e. The monoisotopic (exact) mass is 220 g/mol. The van der Waals surface area contributed by atoms with Crippen LogP contribution in [0.5, 0.6) is 0 Å². The average molecular weight is 220 g/mol. The highest BCUT2D eigenvalue weighted by molar-refractivity contribution is 6.03. The highest BCUT2D eigenvalue weighted by Crippen LogP contribution is 2.11. The van der Waals surface area contributed by atoms with E-state index in [1.54, 1.807) is 37.3 Å². The lowest BCUT2D eigenvalue weighted by Gasteiger charge is -2.04. The van der Waals surface area contributed by atoms with Gasteiger partial charge in [-0.2, -0.15) is 0 Å². The molecule has 1 amide bonds. The second-order valence-corrected chi connectivity index (χ2v) is 3.06. The van der Waals surface area contributed by atoms with Gasteiger partial charge in [-0.3, -0.25) is 4.79 Å². The van der Waals surface area contributed by atoms with Gasteiger partial charge < -0.3 is 10.4 Å². The van der Waals surface area contributed by atoms with Crippen LogP contribution in [0.25, 0.3) is 0 Å². The SMILES string of the molecule is CCC(O)=C(N=O)C(=O)Nc1ccccc1. The normalized spacial score (nSPS) is 11.6. The molecule has 0 spiro atoms. The van der Waals surface area contributed by atoms with E-state index in [1.165, 1.54) is 0 Å². The molecular weight excluding hydrogens is 208 g/mol. The second kappa shape index (κ2) is 5.65. The van der Waals surface area contributed by atoms with Crippen LogP contribution in [0.4, 0.5) is 5.69 Å². The number of nitrogens with zero attached hydrogens (tertiary/aromatic N) is 1. The zero-order chi connectivity index (χ0) is 12.0. The summed E-state index contributed by atoms with van der Waals surface area (Å²) in [5.74, 6) is -1.02. The van der Waals surface area contributed by atoms with Crippen molar-refractivity contribution in [1.29, 1.82) is 0 Å². The Morgan fingerprint density at radius 1 is 1.38 bits per heavy atom. The molecule has 16 heavy (non-hydrogen) atoms.